The van der Waals surface area contributed by atoms with Gasteiger partial charge in [-0.25, -0.2) is 17.8 Å². The van der Waals surface area contributed by atoms with Gasteiger partial charge in [0, 0.05) is 25.3 Å². The SMILES string of the molecule is COC(CNc1ccc(S(=O)(=O)NC(C)(C)c2nc3ccc(Cl)cc3o2)cc1F)OC. The van der Waals surface area contributed by atoms with E-state index in [0.717, 1.165) is 6.07 Å². The number of methoxy groups -OCH3 is 2. The molecule has 0 radical (unpaired) electrons. The number of nitrogens with one attached hydrogen (secondary N) is 2. The van der Waals surface area contributed by atoms with Crippen LogP contribution in [-0.4, -0.2) is 40.5 Å². The molecule has 0 saturated heterocycles. The van der Waals surface area contributed by atoms with Gasteiger partial charge in [-0.2, -0.15) is 4.72 Å². The fourth-order valence-electron chi connectivity index (χ4n) is 2.87. The molecule has 168 valence electrons. The third-order valence-electron chi connectivity index (χ3n) is 4.51. The van der Waals surface area contributed by atoms with E-state index in [-0.39, 0.29) is 23.0 Å². The first-order valence-electron chi connectivity index (χ1n) is 9.25. The second kappa shape index (κ2) is 9.09. The van der Waals surface area contributed by atoms with Crippen LogP contribution < -0.4 is 10.0 Å². The molecule has 0 atom stereocenters. The fourth-order valence-corrected chi connectivity index (χ4v) is 4.41. The smallest absolute Gasteiger partial charge is 0.241 e. The number of ether oxygens (including phenoxy) is 2. The Balaban J connectivity index is 1.80. The van der Waals surface area contributed by atoms with Gasteiger partial charge in [0.05, 0.1) is 17.1 Å². The van der Waals surface area contributed by atoms with Crippen LogP contribution in [0.15, 0.2) is 45.7 Å². The number of aromatic nitrogens is 1. The Morgan fingerprint density at radius 3 is 2.55 bits per heavy atom. The van der Waals surface area contributed by atoms with Crippen LogP contribution in [0, 0.1) is 5.82 Å². The molecule has 0 fully saturated rings. The highest BCUT2D eigenvalue weighted by Crippen LogP contribution is 2.28. The summed E-state index contributed by atoms with van der Waals surface area (Å²) in [5.41, 5.74) is -0.115. The van der Waals surface area contributed by atoms with Crippen molar-refractivity contribution in [1.82, 2.24) is 9.71 Å². The topological polar surface area (TPSA) is 103 Å². The third kappa shape index (κ3) is 5.34. The van der Waals surface area contributed by atoms with Gasteiger partial charge in [-0.15, -0.1) is 0 Å². The van der Waals surface area contributed by atoms with Crippen molar-refractivity contribution in [2.45, 2.75) is 30.6 Å². The lowest BCUT2D eigenvalue weighted by atomic mass is 10.1. The molecule has 0 aliphatic rings. The summed E-state index contributed by atoms with van der Waals surface area (Å²) in [6, 6.07) is 8.49. The van der Waals surface area contributed by atoms with Crippen molar-refractivity contribution in [3.05, 3.63) is 53.1 Å². The Labute approximate surface area is 184 Å². The first-order chi connectivity index (χ1) is 14.6. The maximum atomic E-state index is 14.5. The zero-order chi connectivity index (χ0) is 22.8. The highest BCUT2D eigenvalue weighted by atomic mass is 35.5. The number of fused-ring (bicyclic) bond motifs is 1. The molecule has 0 bridgehead atoms. The number of hydrogen-bond acceptors (Lipinski definition) is 7. The first kappa shape index (κ1) is 23.4. The van der Waals surface area contributed by atoms with Gasteiger partial charge < -0.3 is 19.2 Å². The highest BCUT2D eigenvalue weighted by Gasteiger charge is 2.33. The minimum absolute atomic E-state index is 0.119. The van der Waals surface area contributed by atoms with Crippen LogP contribution in [0.4, 0.5) is 10.1 Å². The molecule has 3 rings (SSSR count). The average molecular weight is 472 g/mol. The van der Waals surface area contributed by atoms with Crippen molar-refractivity contribution in [3.63, 3.8) is 0 Å². The molecule has 0 amide bonds. The predicted octanol–water partition coefficient (Wildman–Crippen LogP) is 3.86. The van der Waals surface area contributed by atoms with E-state index in [0.29, 0.717) is 16.1 Å². The number of anilines is 1. The summed E-state index contributed by atoms with van der Waals surface area (Å²) in [6.45, 7) is 3.38. The summed E-state index contributed by atoms with van der Waals surface area (Å²) >= 11 is 5.96. The molecule has 1 heterocycles. The van der Waals surface area contributed by atoms with Crippen LogP contribution in [-0.2, 0) is 25.0 Å². The minimum Gasteiger partial charge on any atom is -0.439 e. The maximum absolute atomic E-state index is 14.5. The van der Waals surface area contributed by atoms with Gasteiger partial charge in [0.25, 0.3) is 0 Å². The van der Waals surface area contributed by atoms with Crippen LogP contribution in [0.2, 0.25) is 5.02 Å². The number of halogens is 2. The number of rotatable bonds is 9. The van der Waals surface area contributed by atoms with Crippen LogP contribution in [0.5, 0.6) is 0 Å². The summed E-state index contributed by atoms with van der Waals surface area (Å²) in [7, 11) is -1.17. The Morgan fingerprint density at radius 2 is 1.90 bits per heavy atom. The van der Waals surface area contributed by atoms with E-state index in [1.54, 1.807) is 32.0 Å². The lowest BCUT2D eigenvalue weighted by Gasteiger charge is -2.22. The van der Waals surface area contributed by atoms with Gasteiger partial charge in [0.1, 0.15) is 16.9 Å². The molecule has 0 unspecified atom stereocenters. The van der Waals surface area contributed by atoms with Gasteiger partial charge in [-0.1, -0.05) is 11.6 Å². The first-order valence-corrected chi connectivity index (χ1v) is 11.1. The van der Waals surface area contributed by atoms with Crippen molar-refractivity contribution >= 4 is 38.4 Å². The molecular weight excluding hydrogens is 449 g/mol. The highest BCUT2D eigenvalue weighted by molar-refractivity contribution is 7.89. The Kier molecular flexibility index (Phi) is 6.87. The van der Waals surface area contributed by atoms with E-state index in [1.807, 2.05) is 0 Å². The molecule has 2 N–H and O–H groups in total. The van der Waals surface area contributed by atoms with Gasteiger partial charge in [0.15, 0.2) is 11.9 Å². The Morgan fingerprint density at radius 1 is 1.19 bits per heavy atom. The van der Waals surface area contributed by atoms with Crippen molar-refractivity contribution < 1.29 is 26.7 Å². The van der Waals surface area contributed by atoms with Crippen molar-refractivity contribution in [2.24, 2.45) is 0 Å². The fraction of sp³-hybridized carbons (Fsp3) is 0.350. The standard InChI is InChI=1S/C20H23ClFN3O5S/c1-20(2,19-24-16-7-5-12(21)9-17(16)30-19)25-31(26,27)13-6-8-15(14(22)10-13)23-11-18(28-3)29-4/h5-10,18,23,25H,11H2,1-4H3. The minimum atomic E-state index is -4.08. The van der Waals surface area contributed by atoms with E-state index in [1.165, 1.54) is 26.4 Å². The van der Waals surface area contributed by atoms with Crippen molar-refractivity contribution in [2.75, 3.05) is 26.1 Å². The molecule has 0 aliphatic heterocycles. The van der Waals surface area contributed by atoms with Gasteiger partial charge in [0.2, 0.25) is 15.9 Å². The van der Waals surface area contributed by atoms with Crippen LogP contribution >= 0.6 is 11.6 Å². The number of sulfonamides is 1. The number of hydrogen-bond donors (Lipinski definition) is 2. The number of nitrogens with zero attached hydrogens (tertiary/aromatic N) is 1. The number of benzene rings is 2. The van der Waals surface area contributed by atoms with Crippen LogP contribution in [0.25, 0.3) is 11.1 Å². The summed E-state index contributed by atoms with van der Waals surface area (Å²) in [5, 5.41) is 3.28. The molecule has 3 aromatic rings. The third-order valence-corrected chi connectivity index (χ3v) is 6.40. The molecule has 11 heteroatoms. The summed E-state index contributed by atoms with van der Waals surface area (Å²) < 4.78 is 58.5. The Hall–Kier alpha value is -2.24. The van der Waals surface area contributed by atoms with Crippen molar-refractivity contribution in [3.8, 4) is 0 Å². The largest absolute Gasteiger partial charge is 0.439 e. The second-order valence-corrected chi connectivity index (χ2v) is 9.40. The maximum Gasteiger partial charge on any atom is 0.241 e. The zero-order valence-corrected chi connectivity index (χ0v) is 19.0. The lowest BCUT2D eigenvalue weighted by molar-refractivity contribution is -0.0914. The second-order valence-electron chi connectivity index (χ2n) is 7.29. The summed E-state index contributed by atoms with van der Waals surface area (Å²) in [5.74, 6) is -0.583. The van der Waals surface area contributed by atoms with Gasteiger partial charge >= 0.3 is 0 Å². The molecule has 8 nitrogen and oxygen atoms in total. The quantitative estimate of drug-likeness (QED) is 0.457. The van der Waals surface area contributed by atoms with Crippen LogP contribution in [0.3, 0.4) is 0 Å². The predicted molar refractivity (Wildman–Crippen MR) is 115 cm³/mol. The monoisotopic (exact) mass is 471 g/mol. The molecule has 0 saturated carbocycles. The molecule has 1 aromatic heterocycles. The van der Waals surface area contributed by atoms with E-state index in [9.17, 15) is 12.8 Å². The van der Waals surface area contributed by atoms with E-state index >= 15 is 0 Å². The zero-order valence-electron chi connectivity index (χ0n) is 17.4. The summed E-state index contributed by atoms with van der Waals surface area (Å²) in [6.07, 6.45) is -0.573. The molecule has 2 aromatic carbocycles. The molecule has 0 aliphatic carbocycles. The van der Waals surface area contributed by atoms with Gasteiger partial charge in [-0.3, -0.25) is 0 Å². The Bertz CT molecular complexity index is 1180. The van der Waals surface area contributed by atoms with Gasteiger partial charge in [-0.05, 0) is 44.2 Å². The van der Waals surface area contributed by atoms with Crippen LogP contribution in [0.1, 0.15) is 19.7 Å². The molecule has 0 spiro atoms. The average Bonchev–Trinajstić information content (AvgIpc) is 3.13. The number of oxazole rings is 1. The van der Waals surface area contributed by atoms with E-state index in [4.69, 9.17) is 25.5 Å². The normalized spacial score (nSPS) is 12.6. The molecular formula is C20H23ClFN3O5S. The molecule has 31 heavy (non-hydrogen) atoms. The lowest BCUT2D eigenvalue weighted by Crippen LogP contribution is -2.41. The summed E-state index contributed by atoms with van der Waals surface area (Å²) in [4.78, 5) is 4.09. The van der Waals surface area contributed by atoms with E-state index in [2.05, 4.69) is 15.0 Å². The van der Waals surface area contributed by atoms with E-state index < -0.39 is 27.7 Å². The van der Waals surface area contributed by atoms with Crippen molar-refractivity contribution in [1.29, 1.82) is 0 Å².